The number of nitrogen functional groups attached to an aromatic ring is 1. The van der Waals surface area contributed by atoms with Gasteiger partial charge in [-0.25, -0.2) is 19.3 Å². The number of nitrogens with zero attached hydrogens (tertiary/aromatic N) is 3. The second-order valence-electron chi connectivity index (χ2n) is 7.48. The molecule has 0 unspecified atom stereocenters. The van der Waals surface area contributed by atoms with Gasteiger partial charge in [-0.1, -0.05) is 12.5 Å². The average molecular weight is 478 g/mol. The topological polar surface area (TPSA) is 98.0 Å². The highest BCUT2D eigenvalue weighted by molar-refractivity contribution is 5.66. The molecule has 1 aromatic carbocycles. The van der Waals surface area contributed by atoms with Crippen molar-refractivity contribution in [3.05, 3.63) is 54.6 Å². The minimum Gasteiger partial charge on any atom is -0.435 e. The maximum Gasteiger partial charge on any atom is 0.390 e. The van der Waals surface area contributed by atoms with Crippen LogP contribution in [0, 0.1) is 5.82 Å². The van der Waals surface area contributed by atoms with E-state index in [1.54, 1.807) is 18.2 Å². The summed E-state index contributed by atoms with van der Waals surface area (Å²) in [7, 11) is 0. The number of hydrogen-bond donors (Lipinski definition) is 3. The van der Waals surface area contributed by atoms with E-state index in [0.29, 0.717) is 11.3 Å². The predicted octanol–water partition coefficient (Wildman–Crippen LogP) is 5.18. The summed E-state index contributed by atoms with van der Waals surface area (Å²) < 4.78 is 57.0. The van der Waals surface area contributed by atoms with Crippen LogP contribution in [-0.2, 0) is 0 Å². The summed E-state index contributed by atoms with van der Waals surface area (Å²) in [6.45, 7) is 2.04. The van der Waals surface area contributed by atoms with Crippen molar-refractivity contribution in [2.24, 2.45) is 0 Å². The third-order valence-electron chi connectivity index (χ3n) is 4.82. The van der Waals surface area contributed by atoms with Crippen molar-refractivity contribution >= 4 is 11.6 Å². The average Bonchev–Trinajstić information content (AvgIpc) is 2.82. The molecule has 0 atom stereocenters. The molecule has 182 valence electrons. The predicted molar refractivity (Wildman–Crippen MR) is 122 cm³/mol. The van der Waals surface area contributed by atoms with Crippen molar-refractivity contribution < 1.29 is 22.3 Å². The van der Waals surface area contributed by atoms with Gasteiger partial charge in [-0.3, -0.25) is 0 Å². The number of rotatable bonds is 6. The van der Waals surface area contributed by atoms with Crippen LogP contribution in [0.25, 0.3) is 11.3 Å². The van der Waals surface area contributed by atoms with Crippen LogP contribution in [0.2, 0.25) is 0 Å². The number of nitrogens with two attached hydrogens (primary N) is 1. The first kappa shape index (κ1) is 25.2. The molecule has 4 rings (SSSR count). The summed E-state index contributed by atoms with van der Waals surface area (Å²) in [5.41, 5.74) is 6.36. The van der Waals surface area contributed by atoms with Crippen molar-refractivity contribution in [3.63, 3.8) is 0 Å². The normalized spacial score (nSPS) is 13.5. The van der Waals surface area contributed by atoms with Crippen molar-refractivity contribution in [1.29, 1.82) is 0 Å². The first-order chi connectivity index (χ1) is 16.3. The second kappa shape index (κ2) is 12.1. The van der Waals surface area contributed by atoms with Crippen LogP contribution in [0.4, 0.5) is 29.2 Å². The number of benzene rings is 1. The van der Waals surface area contributed by atoms with E-state index in [4.69, 9.17) is 10.5 Å². The lowest BCUT2D eigenvalue weighted by Crippen LogP contribution is -2.21. The molecule has 4 N–H and O–H groups in total. The third kappa shape index (κ3) is 7.84. The summed E-state index contributed by atoms with van der Waals surface area (Å²) in [6.07, 6.45) is 1.71. The highest BCUT2D eigenvalue weighted by Crippen LogP contribution is 2.33. The number of hydrogen-bond acceptors (Lipinski definition) is 7. The van der Waals surface area contributed by atoms with Gasteiger partial charge in [0.05, 0.1) is 23.4 Å². The molecule has 1 aliphatic heterocycles. The highest BCUT2D eigenvalue weighted by Gasteiger charge is 2.26. The summed E-state index contributed by atoms with van der Waals surface area (Å²) in [6, 6.07) is 9.02. The standard InChI is InChI=1S/C18H15F4N5O.C5H11N/c19-15-13(24-10-7-18(20,21)22)4-1-5-14(15)28-16-11(3-2-8-25-16)12-6-9-26-17(23)27-12;1-2-4-6-5-3-1/h1-6,8-9,24H,7,10H2,(H2,23,26,27);6H,1-5H2. The first-order valence-electron chi connectivity index (χ1n) is 10.8. The molecule has 0 aliphatic carbocycles. The quantitative estimate of drug-likeness (QED) is 0.420. The molecule has 1 fully saturated rings. The van der Waals surface area contributed by atoms with Crippen LogP contribution in [0.15, 0.2) is 48.8 Å². The Bertz CT molecular complexity index is 1050. The number of piperidine rings is 1. The Morgan fingerprint density at radius 1 is 1.00 bits per heavy atom. The summed E-state index contributed by atoms with van der Waals surface area (Å²) in [5, 5.41) is 5.70. The second-order valence-corrected chi connectivity index (χ2v) is 7.48. The van der Waals surface area contributed by atoms with Crippen LogP contribution in [0.1, 0.15) is 25.7 Å². The number of nitrogens with one attached hydrogen (secondary N) is 2. The molecule has 0 radical (unpaired) electrons. The summed E-state index contributed by atoms with van der Waals surface area (Å²) in [4.78, 5) is 12.0. The van der Waals surface area contributed by atoms with E-state index in [2.05, 4.69) is 25.6 Å². The van der Waals surface area contributed by atoms with Gasteiger partial charge in [0.1, 0.15) is 0 Å². The van der Waals surface area contributed by atoms with Crippen LogP contribution < -0.4 is 21.1 Å². The third-order valence-corrected chi connectivity index (χ3v) is 4.82. The smallest absolute Gasteiger partial charge is 0.390 e. The molecule has 0 amide bonds. The fraction of sp³-hybridized carbons (Fsp3) is 0.348. The summed E-state index contributed by atoms with van der Waals surface area (Å²) >= 11 is 0. The maximum atomic E-state index is 14.6. The van der Waals surface area contributed by atoms with Gasteiger partial charge in [0.2, 0.25) is 11.8 Å². The molecular weight excluding hydrogens is 452 g/mol. The highest BCUT2D eigenvalue weighted by atomic mass is 19.4. The van der Waals surface area contributed by atoms with E-state index >= 15 is 0 Å². The van der Waals surface area contributed by atoms with Gasteiger partial charge in [-0.05, 0) is 56.3 Å². The Morgan fingerprint density at radius 3 is 2.44 bits per heavy atom. The molecule has 1 saturated heterocycles. The monoisotopic (exact) mass is 478 g/mol. The molecular formula is C23H26F4N6O. The number of aromatic nitrogens is 3. The molecule has 2 aromatic heterocycles. The lowest BCUT2D eigenvalue weighted by Gasteiger charge is -2.13. The molecule has 1 aliphatic rings. The van der Waals surface area contributed by atoms with Gasteiger partial charge < -0.3 is 21.1 Å². The van der Waals surface area contributed by atoms with E-state index in [1.165, 1.54) is 62.9 Å². The zero-order valence-electron chi connectivity index (χ0n) is 18.4. The van der Waals surface area contributed by atoms with Gasteiger partial charge in [-0.15, -0.1) is 0 Å². The molecule has 34 heavy (non-hydrogen) atoms. The zero-order chi connectivity index (χ0) is 24.4. The largest absolute Gasteiger partial charge is 0.435 e. The molecule has 3 heterocycles. The van der Waals surface area contributed by atoms with Crippen molar-refractivity contribution in [3.8, 4) is 22.9 Å². The number of halogens is 4. The number of alkyl halides is 3. The van der Waals surface area contributed by atoms with E-state index in [0.717, 1.165) is 0 Å². The Morgan fingerprint density at radius 2 is 1.79 bits per heavy atom. The minimum absolute atomic E-state index is 0.0503. The Labute approximate surface area is 194 Å². The fourth-order valence-corrected chi connectivity index (χ4v) is 3.16. The number of anilines is 2. The van der Waals surface area contributed by atoms with Crippen molar-refractivity contribution in [2.45, 2.75) is 31.9 Å². The molecule has 0 spiro atoms. The Hall–Kier alpha value is -3.47. The molecule has 3 aromatic rings. The van der Waals surface area contributed by atoms with E-state index in [-0.39, 0.29) is 23.3 Å². The van der Waals surface area contributed by atoms with Gasteiger partial charge in [0.25, 0.3) is 0 Å². The molecule has 0 bridgehead atoms. The molecule has 0 saturated carbocycles. The van der Waals surface area contributed by atoms with Crippen LogP contribution in [0.3, 0.4) is 0 Å². The zero-order valence-corrected chi connectivity index (χ0v) is 18.4. The maximum absolute atomic E-state index is 14.6. The van der Waals surface area contributed by atoms with Gasteiger partial charge >= 0.3 is 6.18 Å². The van der Waals surface area contributed by atoms with Crippen LogP contribution >= 0.6 is 0 Å². The van der Waals surface area contributed by atoms with Gasteiger partial charge in [0, 0.05) is 18.9 Å². The van der Waals surface area contributed by atoms with Crippen molar-refractivity contribution in [1.82, 2.24) is 20.3 Å². The van der Waals surface area contributed by atoms with E-state index in [1.807, 2.05) is 0 Å². The minimum atomic E-state index is -4.33. The SMILES string of the molecule is C1CCNCC1.Nc1nccc(-c2cccnc2Oc2cccc(NCCC(F)(F)F)c2F)n1. The van der Waals surface area contributed by atoms with Crippen LogP contribution in [-0.4, -0.2) is 40.8 Å². The lowest BCUT2D eigenvalue weighted by atomic mass is 10.2. The lowest BCUT2D eigenvalue weighted by molar-refractivity contribution is -0.131. The first-order valence-corrected chi connectivity index (χ1v) is 10.8. The summed E-state index contributed by atoms with van der Waals surface area (Å²) in [5.74, 6) is -0.913. The fourth-order valence-electron chi connectivity index (χ4n) is 3.16. The van der Waals surface area contributed by atoms with E-state index < -0.39 is 25.0 Å². The Kier molecular flexibility index (Phi) is 8.97. The van der Waals surface area contributed by atoms with E-state index in [9.17, 15) is 17.6 Å². The molecule has 7 nitrogen and oxygen atoms in total. The van der Waals surface area contributed by atoms with Crippen LogP contribution in [0.5, 0.6) is 11.6 Å². The number of pyridine rings is 1. The van der Waals surface area contributed by atoms with Crippen molar-refractivity contribution in [2.75, 3.05) is 30.7 Å². The van der Waals surface area contributed by atoms with Gasteiger partial charge in [-0.2, -0.15) is 13.2 Å². The Balaban J connectivity index is 0.000000469. The van der Waals surface area contributed by atoms with Gasteiger partial charge in [0.15, 0.2) is 11.6 Å². The number of ether oxygens (including phenoxy) is 1. The molecule has 11 heteroatoms.